The van der Waals surface area contributed by atoms with Crippen molar-refractivity contribution in [1.29, 1.82) is 0 Å². The van der Waals surface area contributed by atoms with Crippen LogP contribution >= 0.6 is 0 Å². The zero-order valence-electron chi connectivity index (χ0n) is 20.2. The van der Waals surface area contributed by atoms with Crippen LogP contribution in [0, 0.1) is 6.92 Å². The number of rotatable bonds is 10. The van der Waals surface area contributed by atoms with Crippen LogP contribution in [0.15, 0.2) is 51.7 Å². The molecule has 9 heteroatoms. The lowest BCUT2D eigenvalue weighted by Gasteiger charge is -2.19. The monoisotopic (exact) mass is 483 g/mol. The van der Waals surface area contributed by atoms with Gasteiger partial charge < -0.3 is 28.3 Å². The lowest BCUT2D eigenvalue weighted by atomic mass is 9.93. The average Bonchev–Trinajstić information content (AvgIpc) is 3.35. The molecule has 0 saturated carbocycles. The van der Waals surface area contributed by atoms with Crippen molar-refractivity contribution < 1.29 is 33.3 Å². The minimum atomic E-state index is -0.868. The van der Waals surface area contributed by atoms with E-state index in [9.17, 15) is 19.5 Å². The van der Waals surface area contributed by atoms with Gasteiger partial charge in [0.2, 0.25) is 0 Å². The van der Waals surface area contributed by atoms with Crippen LogP contribution < -0.4 is 5.56 Å². The highest BCUT2D eigenvalue weighted by atomic mass is 16.5. The molecule has 0 saturated heterocycles. The Bertz CT molecular complexity index is 1240. The maximum absolute atomic E-state index is 13.4. The molecule has 2 aromatic heterocycles. The summed E-state index contributed by atoms with van der Waals surface area (Å²) in [4.78, 5) is 37.4. The molecule has 1 atom stereocenters. The van der Waals surface area contributed by atoms with Crippen molar-refractivity contribution in [2.24, 2.45) is 0 Å². The molecule has 3 aromatic rings. The van der Waals surface area contributed by atoms with E-state index in [0.717, 1.165) is 0 Å². The number of aromatic nitrogens is 1. The maximum atomic E-state index is 13.4. The van der Waals surface area contributed by atoms with E-state index in [1.807, 2.05) is 0 Å². The molecule has 0 aliphatic rings. The zero-order chi connectivity index (χ0) is 25.5. The van der Waals surface area contributed by atoms with Gasteiger partial charge in [-0.15, -0.1) is 0 Å². The van der Waals surface area contributed by atoms with E-state index in [-0.39, 0.29) is 17.7 Å². The second-order valence-electron chi connectivity index (χ2n) is 7.99. The van der Waals surface area contributed by atoms with Crippen molar-refractivity contribution in [3.05, 3.63) is 75.4 Å². The molecule has 0 aliphatic carbocycles. The fourth-order valence-corrected chi connectivity index (χ4v) is 3.92. The molecule has 1 unspecified atom stereocenters. The first-order valence-corrected chi connectivity index (χ1v) is 11.1. The SMILES string of the molecule is COCCCn1c(C)cc(O)c(C(CC(=O)OC)c2ccc(-c3ccc(C(=O)OC)cc3)o2)c1=O. The van der Waals surface area contributed by atoms with Gasteiger partial charge >= 0.3 is 11.9 Å². The van der Waals surface area contributed by atoms with E-state index in [2.05, 4.69) is 0 Å². The lowest BCUT2D eigenvalue weighted by Crippen LogP contribution is -2.29. The number of ether oxygens (including phenoxy) is 3. The number of pyridine rings is 1. The summed E-state index contributed by atoms with van der Waals surface area (Å²) in [5.41, 5.74) is 1.32. The third-order valence-electron chi connectivity index (χ3n) is 5.76. The van der Waals surface area contributed by atoms with Gasteiger partial charge in [-0.3, -0.25) is 9.59 Å². The molecule has 186 valence electrons. The number of nitrogens with zero attached hydrogens (tertiary/aromatic N) is 1. The molecule has 0 spiro atoms. The third-order valence-corrected chi connectivity index (χ3v) is 5.76. The van der Waals surface area contributed by atoms with Crippen molar-refractivity contribution in [3.63, 3.8) is 0 Å². The molecule has 1 aromatic carbocycles. The van der Waals surface area contributed by atoms with Crippen LogP contribution in [0.3, 0.4) is 0 Å². The summed E-state index contributed by atoms with van der Waals surface area (Å²) in [5, 5.41) is 10.7. The molecular formula is C26H29NO8. The number of carbonyl (C=O) groups is 2. The van der Waals surface area contributed by atoms with Crippen LogP contribution in [-0.4, -0.2) is 49.5 Å². The highest BCUT2D eigenvalue weighted by Crippen LogP contribution is 2.35. The van der Waals surface area contributed by atoms with Crippen molar-refractivity contribution in [2.75, 3.05) is 27.9 Å². The summed E-state index contributed by atoms with van der Waals surface area (Å²) < 4.78 is 22.2. The van der Waals surface area contributed by atoms with E-state index in [0.29, 0.717) is 47.9 Å². The maximum Gasteiger partial charge on any atom is 0.337 e. The predicted molar refractivity (Wildman–Crippen MR) is 128 cm³/mol. The topological polar surface area (TPSA) is 117 Å². The first-order valence-electron chi connectivity index (χ1n) is 11.1. The molecule has 35 heavy (non-hydrogen) atoms. The number of esters is 2. The Morgan fingerprint density at radius 1 is 1.06 bits per heavy atom. The Balaban J connectivity index is 2.03. The van der Waals surface area contributed by atoms with E-state index < -0.39 is 23.4 Å². The standard InChI is InChI=1S/C26H29NO8/c1-16-14-20(28)24(25(30)27(16)12-5-13-32-2)19(15-23(29)33-3)22-11-10-21(35-22)17-6-8-18(9-7-17)26(31)34-4/h6-11,14,19,28H,5,12-13,15H2,1-4H3. The number of hydrogen-bond acceptors (Lipinski definition) is 8. The van der Waals surface area contributed by atoms with Crippen LogP contribution in [0.4, 0.5) is 0 Å². The summed E-state index contributed by atoms with van der Waals surface area (Å²) in [5.74, 6) is -1.30. The summed E-state index contributed by atoms with van der Waals surface area (Å²) in [6, 6.07) is 11.5. The van der Waals surface area contributed by atoms with Crippen LogP contribution in [0.5, 0.6) is 5.75 Å². The number of aromatic hydroxyl groups is 1. The number of benzene rings is 1. The minimum absolute atomic E-state index is 0.0559. The van der Waals surface area contributed by atoms with Gasteiger partial charge in [0.1, 0.15) is 17.3 Å². The van der Waals surface area contributed by atoms with E-state index in [1.54, 1.807) is 55.0 Å². The van der Waals surface area contributed by atoms with Gasteiger partial charge in [-0.05, 0) is 43.7 Å². The molecule has 1 N–H and O–H groups in total. The van der Waals surface area contributed by atoms with Crippen molar-refractivity contribution in [3.8, 4) is 17.1 Å². The predicted octanol–water partition coefficient (Wildman–Crippen LogP) is 3.64. The van der Waals surface area contributed by atoms with Gasteiger partial charge in [-0.1, -0.05) is 12.1 Å². The van der Waals surface area contributed by atoms with Crippen molar-refractivity contribution in [2.45, 2.75) is 32.2 Å². The van der Waals surface area contributed by atoms with Gasteiger partial charge in [-0.2, -0.15) is 0 Å². The highest BCUT2D eigenvalue weighted by molar-refractivity contribution is 5.89. The van der Waals surface area contributed by atoms with Gasteiger partial charge in [0.15, 0.2) is 0 Å². The first-order chi connectivity index (χ1) is 16.8. The van der Waals surface area contributed by atoms with Crippen molar-refractivity contribution >= 4 is 11.9 Å². The summed E-state index contributed by atoms with van der Waals surface area (Å²) in [6.07, 6.45) is 0.407. The van der Waals surface area contributed by atoms with E-state index >= 15 is 0 Å². The zero-order valence-corrected chi connectivity index (χ0v) is 20.2. The van der Waals surface area contributed by atoms with Crippen molar-refractivity contribution in [1.82, 2.24) is 4.57 Å². The molecule has 0 amide bonds. The van der Waals surface area contributed by atoms with E-state index in [1.165, 1.54) is 20.3 Å². The minimum Gasteiger partial charge on any atom is -0.507 e. The van der Waals surface area contributed by atoms with Gasteiger partial charge in [0.25, 0.3) is 5.56 Å². The van der Waals surface area contributed by atoms with Gasteiger partial charge in [-0.25, -0.2) is 4.79 Å². The second-order valence-corrected chi connectivity index (χ2v) is 7.99. The smallest absolute Gasteiger partial charge is 0.337 e. The summed E-state index contributed by atoms with van der Waals surface area (Å²) >= 11 is 0. The number of furan rings is 1. The molecule has 0 bridgehead atoms. The largest absolute Gasteiger partial charge is 0.507 e. The molecular weight excluding hydrogens is 454 g/mol. The fraction of sp³-hybridized carbons (Fsp3) is 0.346. The Kier molecular flexibility index (Phi) is 8.48. The third kappa shape index (κ3) is 5.81. The van der Waals surface area contributed by atoms with Crippen LogP contribution in [-0.2, 0) is 25.5 Å². The number of hydrogen-bond donors (Lipinski definition) is 1. The normalized spacial score (nSPS) is 11.8. The summed E-state index contributed by atoms with van der Waals surface area (Å²) in [6.45, 7) is 2.60. The number of aryl methyl sites for hydroxylation is 1. The highest BCUT2D eigenvalue weighted by Gasteiger charge is 2.29. The molecule has 0 radical (unpaired) electrons. The Labute approximate surface area is 202 Å². The second kappa shape index (κ2) is 11.5. The number of methoxy groups -OCH3 is 3. The Hall–Kier alpha value is -3.85. The van der Waals surface area contributed by atoms with Gasteiger partial charge in [0, 0.05) is 31.5 Å². The molecule has 0 aliphatic heterocycles. The average molecular weight is 484 g/mol. The van der Waals surface area contributed by atoms with Crippen LogP contribution in [0.25, 0.3) is 11.3 Å². The quantitative estimate of drug-likeness (QED) is 0.343. The van der Waals surface area contributed by atoms with Crippen LogP contribution in [0.2, 0.25) is 0 Å². The number of carbonyl (C=O) groups excluding carboxylic acids is 2. The Morgan fingerprint density at radius 2 is 1.77 bits per heavy atom. The fourth-order valence-electron chi connectivity index (χ4n) is 3.92. The Morgan fingerprint density at radius 3 is 2.40 bits per heavy atom. The lowest BCUT2D eigenvalue weighted by molar-refractivity contribution is -0.140. The molecule has 2 heterocycles. The molecule has 3 rings (SSSR count). The van der Waals surface area contributed by atoms with E-state index in [4.69, 9.17) is 18.6 Å². The molecule has 0 fully saturated rings. The summed E-state index contributed by atoms with van der Waals surface area (Å²) in [7, 11) is 4.15. The van der Waals surface area contributed by atoms with Gasteiger partial charge in [0.05, 0.1) is 37.7 Å². The molecule has 9 nitrogen and oxygen atoms in total. The first kappa shape index (κ1) is 25.8. The van der Waals surface area contributed by atoms with Crippen LogP contribution in [0.1, 0.15) is 46.1 Å².